The maximum absolute atomic E-state index is 13.4. The van der Waals surface area contributed by atoms with Crippen LogP contribution in [0.25, 0.3) is 10.9 Å². The molecule has 1 heterocycles. The Kier molecular flexibility index (Phi) is 4.63. The number of carbonyl (C=O) groups is 2. The second-order valence-electron chi connectivity index (χ2n) is 5.35. The lowest BCUT2D eigenvalue weighted by Gasteiger charge is -2.10. The zero-order valence-electron chi connectivity index (χ0n) is 13.1. The van der Waals surface area contributed by atoms with Crippen molar-refractivity contribution in [2.45, 2.75) is 6.92 Å². The smallest absolute Gasteiger partial charge is 0.267 e. The molecule has 0 aliphatic heterocycles. The van der Waals surface area contributed by atoms with E-state index in [0.29, 0.717) is 16.6 Å². The van der Waals surface area contributed by atoms with E-state index in [2.05, 4.69) is 15.8 Å². The van der Waals surface area contributed by atoms with Gasteiger partial charge in [-0.05, 0) is 43.3 Å². The van der Waals surface area contributed by atoms with E-state index in [0.717, 1.165) is 0 Å². The summed E-state index contributed by atoms with van der Waals surface area (Å²) in [7, 11) is 0. The second-order valence-corrected chi connectivity index (χ2v) is 5.75. The van der Waals surface area contributed by atoms with Crippen molar-refractivity contribution in [3.63, 3.8) is 0 Å². The molecular formula is C18H13ClFN3O2. The summed E-state index contributed by atoms with van der Waals surface area (Å²) in [5, 5.41) is 0.765. The molecule has 5 nitrogen and oxygen atoms in total. The summed E-state index contributed by atoms with van der Waals surface area (Å²) in [6.45, 7) is 1.66. The molecule has 25 heavy (non-hydrogen) atoms. The number of hydrazine groups is 1. The molecule has 0 spiro atoms. The van der Waals surface area contributed by atoms with Crippen LogP contribution in [-0.2, 0) is 0 Å². The van der Waals surface area contributed by atoms with Crippen LogP contribution in [0.2, 0.25) is 5.02 Å². The monoisotopic (exact) mass is 357 g/mol. The van der Waals surface area contributed by atoms with Crippen LogP contribution >= 0.6 is 11.6 Å². The van der Waals surface area contributed by atoms with Gasteiger partial charge in [0.15, 0.2) is 0 Å². The number of pyridine rings is 1. The molecule has 126 valence electrons. The van der Waals surface area contributed by atoms with Crippen LogP contribution in [0.3, 0.4) is 0 Å². The van der Waals surface area contributed by atoms with E-state index in [9.17, 15) is 14.0 Å². The fraction of sp³-hybridized carbons (Fsp3) is 0.0556. The van der Waals surface area contributed by atoms with Gasteiger partial charge in [0, 0.05) is 5.39 Å². The van der Waals surface area contributed by atoms with Crippen molar-refractivity contribution in [1.82, 2.24) is 15.8 Å². The molecule has 2 N–H and O–H groups in total. The number of fused-ring (bicyclic) bond motifs is 1. The number of benzene rings is 2. The van der Waals surface area contributed by atoms with Crippen LogP contribution in [0.1, 0.15) is 26.4 Å². The number of halogens is 2. The van der Waals surface area contributed by atoms with E-state index in [1.165, 1.54) is 24.3 Å². The fourth-order valence-electron chi connectivity index (χ4n) is 2.37. The fourth-order valence-corrected chi connectivity index (χ4v) is 2.59. The number of hydrogen-bond donors (Lipinski definition) is 2. The molecule has 3 aromatic rings. The topological polar surface area (TPSA) is 71.1 Å². The Morgan fingerprint density at radius 3 is 2.40 bits per heavy atom. The molecular weight excluding hydrogens is 345 g/mol. The molecule has 0 unspecified atom stereocenters. The highest BCUT2D eigenvalue weighted by atomic mass is 35.5. The minimum absolute atomic E-state index is 0.234. The lowest BCUT2D eigenvalue weighted by Crippen LogP contribution is -2.42. The van der Waals surface area contributed by atoms with E-state index in [-0.39, 0.29) is 16.1 Å². The first-order valence-electron chi connectivity index (χ1n) is 7.38. The molecule has 1 aromatic heterocycles. The summed E-state index contributed by atoms with van der Waals surface area (Å²) in [5.41, 5.74) is 6.12. The number of aromatic nitrogens is 1. The molecule has 0 atom stereocenters. The van der Waals surface area contributed by atoms with Crippen molar-refractivity contribution in [2.75, 3.05) is 0 Å². The number of nitrogens with one attached hydrogen (secondary N) is 2. The van der Waals surface area contributed by atoms with Gasteiger partial charge in [0.05, 0.1) is 27.4 Å². The first-order chi connectivity index (χ1) is 12.0. The van der Waals surface area contributed by atoms with Crippen molar-refractivity contribution in [2.24, 2.45) is 0 Å². The number of amides is 2. The largest absolute Gasteiger partial charge is 0.271 e. The van der Waals surface area contributed by atoms with Crippen molar-refractivity contribution in [3.05, 3.63) is 76.2 Å². The van der Waals surface area contributed by atoms with Gasteiger partial charge >= 0.3 is 0 Å². The van der Waals surface area contributed by atoms with Gasteiger partial charge in [-0.1, -0.05) is 23.7 Å². The maximum Gasteiger partial charge on any atom is 0.271 e. The van der Waals surface area contributed by atoms with Crippen LogP contribution in [0.15, 0.2) is 48.5 Å². The van der Waals surface area contributed by atoms with Crippen LogP contribution < -0.4 is 10.9 Å². The molecule has 0 radical (unpaired) electrons. The van der Waals surface area contributed by atoms with Crippen molar-refractivity contribution < 1.29 is 14.0 Å². The Morgan fingerprint density at radius 1 is 1.00 bits per heavy atom. The molecule has 0 fully saturated rings. The zero-order chi connectivity index (χ0) is 18.0. The maximum atomic E-state index is 13.4. The third-order valence-electron chi connectivity index (χ3n) is 3.62. The van der Waals surface area contributed by atoms with Crippen molar-refractivity contribution in [3.8, 4) is 0 Å². The summed E-state index contributed by atoms with van der Waals surface area (Å²) in [6.07, 6.45) is 0. The number of hydrogen-bond acceptors (Lipinski definition) is 3. The van der Waals surface area contributed by atoms with Gasteiger partial charge in [-0.25, -0.2) is 4.39 Å². The standard InChI is InChI=1S/C18H13ClFN3O2/c1-10-14(9-11-8-12(20)6-7-16(11)21-10)18(25)23-22-17(24)13-4-2-3-5-15(13)19/h2-9H,1H3,(H,22,24)(H,23,25). The number of nitrogens with zero attached hydrogens (tertiary/aromatic N) is 1. The molecule has 0 bridgehead atoms. The predicted molar refractivity (Wildman–Crippen MR) is 92.8 cm³/mol. The summed E-state index contributed by atoms with van der Waals surface area (Å²) < 4.78 is 13.4. The molecule has 2 amide bonds. The summed E-state index contributed by atoms with van der Waals surface area (Å²) in [6, 6.07) is 12.1. The van der Waals surface area contributed by atoms with Crippen molar-refractivity contribution >= 4 is 34.3 Å². The Morgan fingerprint density at radius 2 is 1.68 bits per heavy atom. The highest BCUT2D eigenvalue weighted by Gasteiger charge is 2.14. The Labute approximate surface area is 147 Å². The lowest BCUT2D eigenvalue weighted by atomic mass is 10.1. The van der Waals surface area contributed by atoms with E-state index in [1.54, 1.807) is 31.2 Å². The molecule has 2 aromatic carbocycles. The van der Waals surface area contributed by atoms with Gasteiger partial charge in [-0.3, -0.25) is 25.4 Å². The summed E-state index contributed by atoms with van der Waals surface area (Å²) >= 11 is 5.94. The molecule has 0 aliphatic carbocycles. The average molecular weight is 358 g/mol. The van der Waals surface area contributed by atoms with Gasteiger partial charge in [-0.2, -0.15) is 0 Å². The lowest BCUT2D eigenvalue weighted by molar-refractivity contribution is 0.0846. The molecule has 0 saturated heterocycles. The van der Waals surface area contributed by atoms with Crippen LogP contribution in [0, 0.1) is 12.7 Å². The summed E-state index contributed by atoms with van der Waals surface area (Å²) in [5.74, 6) is -1.52. The van der Waals surface area contributed by atoms with Crippen LogP contribution in [0.5, 0.6) is 0 Å². The van der Waals surface area contributed by atoms with E-state index >= 15 is 0 Å². The van der Waals surface area contributed by atoms with Gasteiger partial charge in [0.2, 0.25) is 0 Å². The highest BCUT2D eigenvalue weighted by Crippen LogP contribution is 2.18. The molecule has 7 heteroatoms. The van der Waals surface area contributed by atoms with Gasteiger partial charge in [0.1, 0.15) is 5.82 Å². The third kappa shape index (κ3) is 3.59. The highest BCUT2D eigenvalue weighted by molar-refractivity contribution is 6.33. The number of aryl methyl sites for hydroxylation is 1. The number of rotatable bonds is 2. The first kappa shape index (κ1) is 16.9. The van der Waals surface area contributed by atoms with Gasteiger partial charge in [0.25, 0.3) is 11.8 Å². The normalized spacial score (nSPS) is 10.5. The molecule has 3 rings (SSSR count). The predicted octanol–water partition coefficient (Wildman–Crippen LogP) is 3.41. The quantitative estimate of drug-likeness (QED) is 0.690. The molecule has 0 aliphatic rings. The minimum atomic E-state index is -0.559. The SMILES string of the molecule is Cc1nc2ccc(F)cc2cc1C(=O)NNC(=O)c1ccccc1Cl. The van der Waals surface area contributed by atoms with Crippen LogP contribution in [0.4, 0.5) is 4.39 Å². The summed E-state index contributed by atoms with van der Waals surface area (Å²) in [4.78, 5) is 28.7. The van der Waals surface area contributed by atoms with E-state index in [1.807, 2.05) is 0 Å². The van der Waals surface area contributed by atoms with E-state index in [4.69, 9.17) is 11.6 Å². The Balaban J connectivity index is 1.79. The van der Waals surface area contributed by atoms with Crippen LogP contribution in [-0.4, -0.2) is 16.8 Å². The first-order valence-corrected chi connectivity index (χ1v) is 7.75. The molecule has 0 saturated carbocycles. The third-order valence-corrected chi connectivity index (χ3v) is 3.95. The zero-order valence-corrected chi connectivity index (χ0v) is 13.9. The second kappa shape index (κ2) is 6.86. The minimum Gasteiger partial charge on any atom is -0.267 e. The van der Waals surface area contributed by atoms with Gasteiger partial charge < -0.3 is 0 Å². The van der Waals surface area contributed by atoms with Crippen molar-refractivity contribution in [1.29, 1.82) is 0 Å². The van der Waals surface area contributed by atoms with Gasteiger partial charge in [-0.15, -0.1) is 0 Å². The Hall–Kier alpha value is -2.99. The number of carbonyl (C=O) groups excluding carboxylic acids is 2. The average Bonchev–Trinajstić information content (AvgIpc) is 2.59. The Bertz CT molecular complexity index is 991. The van der Waals surface area contributed by atoms with E-state index < -0.39 is 17.6 Å².